The fourth-order valence-electron chi connectivity index (χ4n) is 3.97. The molecule has 0 aliphatic carbocycles. The number of unbranched alkanes of at least 4 members (excludes halogenated alkanes) is 11. The van der Waals surface area contributed by atoms with Crippen molar-refractivity contribution >= 4 is 28.0 Å². The average Bonchev–Trinajstić information content (AvgIpc) is 2.94. The van der Waals surface area contributed by atoms with Crippen LogP contribution in [0.25, 0.3) is 0 Å². The van der Waals surface area contributed by atoms with Gasteiger partial charge in [0.05, 0.1) is 18.4 Å². The van der Waals surface area contributed by atoms with Crippen molar-refractivity contribution < 1.29 is 76.2 Å². The second-order valence-corrected chi connectivity index (χ2v) is 11.7. The normalized spacial score (nSPS) is 20.3. The minimum Gasteiger partial charge on any atom is -0.747 e. The number of esters is 3. The Bertz CT molecular complexity index is 846. The van der Waals surface area contributed by atoms with Crippen LogP contribution in [0.3, 0.4) is 0 Å². The number of cyclic esters (lactones) is 2. The Hall–Kier alpha value is -0.980. The molecule has 220 valence electrons. The molecular weight excluding hydrogens is 539 g/mol. The second-order valence-electron chi connectivity index (χ2n) is 10.1. The second kappa shape index (κ2) is 21.7. The smallest absolute Gasteiger partial charge is 0.747 e. The zero-order valence-corrected chi connectivity index (χ0v) is 26.5. The number of hydrogen-bond donors (Lipinski definition) is 1. The van der Waals surface area contributed by atoms with Gasteiger partial charge >= 0.3 is 47.5 Å². The molecule has 0 aromatic carbocycles. The first-order chi connectivity index (χ1) is 18.1. The minimum absolute atomic E-state index is 0. The predicted octanol–water partition coefficient (Wildman–Crippen LogP) is 0.954. The maximum Gasteiger partial charge on any atom is 1.00 e. The third kappa shape index (κ3) is 17.4. The van der Waals surface area contributed by atoms with Crippen LogP contribution in [-0.4, -0.2) is 67.7 Å². The van der Waals surface area contributed by atoms with Crippen LogP contribution in [0.5, 0.6) is 0 Å². The SMILES string of the molecule is CCCCCC/C=C\CCCCCCCCCC(=O)OCC1(CO)COC(=O)CC(S(=O)(=O)[O-])C(=O)OC1.[Na+]. The number of hydrogen-bond acceptors (Lipinski definition) is 10. The Morgan fingerprint density at radius 3 is 2.08 bits per heavy atom. The quantitative estimate of drug-likeness (QED) is 0.0579. The molecule has 1 aliphatic rings. The molecule has 0 bridgehead atoms. The van der Waals surface area contributed by atoms with Gasteiger partial charge in [0.1, 0.15) is 29.9 Å². The van der Waals surface area contributed by atoms with Crippen molar-refractivity contribution in [1.29, 1.82) is 0 Å². The molecule has 39 heavy (non-hydrogen) atoms. The molecule has 0 spiro atoms. The van der Waals surface area contributed by atoms with Gasteiger partial charge in [0.2, 0.25) is 0 Å². The van der Waals surface area contributed by atoms with Gasteiger partial charge in [-0.2, -0.15) is 0 Å². The third-order valence-electron chi connectivity index (χ3n) is 6.54. The van der Waals surface area contributed by atoms with Crippen LogP contribution < -0.4 is 29.6 Å². The summed E-state index contributed by atoms with van der Waals surface area (Å²) in [7, 11) is -5.14. The molecule has 2 unspecified atom stereocenters. The number of aliphatic hydroxyl groups is 1. The molecule has 2 atom stereocenters. The molecule has 1 fully saturated rings. The first-order valence-electron chi connectivity index (χ1n) is 13.8. The van der Waals surface area contributed by atoms with Gasteiger partial charge in [0.15, 0.2) is 5.25 Å². The van der Waals surface area contributed by atoms with Crippen LogP contribution in [0.1, 0.15) is 103 Å². The summed E-state index contributed by atoms with van der Waals surface area (Å²) in [6.45, 7) is 0.111. The largest absolute Gasteiger partial charge is 1.00 e. The molecular formula is C27H45NaO10S. The Kier molecular flexibility index (Phi) is 21.2. The van der Waals surface area contributed by atoms with Crippen molar-refractivity contribution in [3.8, 4) is 0 Å². The first-order valence-corrected chi connectivity index (χ1v) is 15.3. The van der Waals surface area contributed by atoms with E-state index in [2.05, 4.69) is 19.1 Å². The van der Waals surface area contributed by atoms with E-state index in [4.69, 9.17) is 14.2 Å². The van der Waals surface area contributed by atoms with Crippen molar-refractivity contribution in [1.82, 2.24) is 0 Å². The molecule has 0 radical (unpaired) electrons. The van der Waals surface area contributed by atoms with Crippen LogP contribution in [-0.2, 0) is 38.7 Å². The van der Waals surface area contributed by atoms with Gasteiger partial charge in [-0.25, -0.2) is 8.42 Å². The van der Waals surface area contributed by atoms with Crippen LogP contribution in [0.2, 0.25) is 0 Å². The molecule has 0 amide bonds. The zero-order valence-electron chi connectivity index (χ0n) is 23.7. The molecule has 1 aliphatic heterocycles. The number of allylic oxidation sites excluding steroid dienone is 2. The summed E-state index contributed by atoms with van der Waals surface area (Å²) >= 11 is 0. The fraction of sp³-hybridized carbons (Fsp3) is 0.815. The van der Waals surface area contributed by atoms with Gasteiger partial charge in [-0.05, 0) is 32.1 Å². The molecule has 0 aromatic rings. The van der Waals surface area contributed by atoms with Crippen LogP contribution in [0.15, 0.2) is 12.2 Å². The number of rotatable bonds is 19. The Morgan fingerprint density at radius 1 is 0.974 bits per heavy atom. The van der Waals surface area contributed by atoms with E-state index in [1.54, 1.807) is 0 Å². The van der Waals surface area contributed by atoms with E-state index in [0.29, 0.717) is 6.42 Å². The number of aliphatic hydroxyl groups excluding tert-OH is 1. The van der Waals surface area contributed by atoms with E-state index in [1.165, 1.54) is 51.4 Å². The average molecular weight is 585 g/mol. The van der Waals surface area contributed by atoms with Gasteiger partial charge in [-0.3, -0.25) is 14.4 Å². The molecule has 1 rings (SSSR count). The van der Waals surface area contributed by atoms with Crippen molar-refractivity contribution in [3.05, 3.63) is 12.2 Å². The van der Waals surface area contributed by atoms with Crippen molar-refractivity contribution in [2.45, 2.75) is 108 Å². The molecule has 1 saturated heterocycles. The minimum atomic E-state index is -5.14. The van der Waals surface area contributed by atoms with E-state index < -0.39 is 71.5 Å². The Labute approximate surface area is 255 Å². The van der Waals surface area contributed by atoms with Crippen molar-refractivity contribution in [3.63, 3.8) is 0 Å². The Morgan fingerprint density at radius 2 is 1.51 bits per heavy atom. The predicted molar refractivity (Wildman–Crippen MR) is 140 cm³/mol. The summed E-state index contributed by atoms with van der Waals surface area (Å²) in [6.07, 6.45) is 18.5. The van der Waals surface area contributed by atoms with E-state index in [0.717, 1.165) is 25.7 Å². The number of ether oxygens (including phenoxy) is 3. The summed E-state index contributed by atoms with van der Waals surface area (Å²) in [4.78, 5) is 36.1. The summed E-state index contributed by atoms with van der Waals surface area (Å²) in [5.74, 6) is -3.01. The monoisotopic (exact) mass is 584 g/mol. The number of carbonyl (C=O) groups excluding carboxylic acids is 3. The summed E-state index contributed by atoms with van der Waals surface area (Å²) in [5.41, 5.74) is -1.45. The Balaban J connectivity index is 0.0000144. The summed E-state index contributed by atoms with van der Waals surface area (Å²) in [5, 5.41) is 7.59. The molecule has 10 nitrogen and oxygen atoms in total. The van der Waals surface area contributed by atoms with Crippen LogP contribution in [0.4, 0.5) is 0 Å². The van der Waals surface area contributed by atoms with Crippen LogP contribution in [0, 0.1) is 5.41 Å². The zero-order chi connectivity index (χ0) is 28.3. The summed E-state index contributed by atoms with van der Waals surface area (Å²) in [6, 6.07) is 0. The third-order valence-corrected chi connectivity index (χ3v) is 7.60. The molecule has 1 heterocycles. The topological polar surface area (TPSA) is 156 Å². The van der Waals surface area contributed by atoms with Gasteiger partial charge in [0, 0.05) is 6.42 Å². The molecule has 12 heteroatoms. The molecule has 0 saturated carbocycles. The molecule has 1 N–H and O–H groups in total. The van der Waals surface area contributed by atoms with Crippen molar-refractivity contribution in [2.24, 2.45) is 5.41 Å². The standard InChI is InChI=1S/C27H46O10S.Na/c1-2-3-4-5-6-7-8-9-10-11-12-13-14-15-16-17-24(29)35-20-27(19-28)21-36-25(30)18-23(38(32,33)34)26(31)37-22-27;/h7-8,23,28H,2-6,9-22H2,1H3,(H,32,33,34);/q;+1/p-1/b8-7-;. The number of carbonyl (C=O) groups is 3. The van der Waals surface area contributed by atoms with E-state index in [1.807, 2.05) is 0 Å². The molecule has 0 aromatic heterocycles. The van der Waals surface area contributed by atoms with E-state index in [9.17, 15) is 32.5 Å². The summed E-state index contributed by atoms with van der Waals surface area (Å²) < 4.78 is 48.8. The van der Waals surface area contributed by atoms with Gasteiger partial charge in [-0.15, -0.1) is 0 Å². The van der Waals surface area contributed by atoms with Gasteiger partial charge in [0.25, 0.3) is 0 Å². The van der Waals surface area contributed by atoms with E-state index in [-0.39, 0.29) is 36.0 Å². The maximum absolute atomic E-state index is 12.2. The maximum atomic E-state index is 12.2. The first kappa shape index (κ1) is 38.0. The van der Waals surface area contributed by atoms with Gasteiger partial charge in [-0.1, -0.05) is 70.4 Å². The van der Waals surface area contributed by atoms with E-state index >= 15 is 0 Å². The fourth-order valence-corrected chi connectivity index (χ4v) is 4.62. The van der Waals surface area contributed by atoms with Gasteiger partial charge < -0.3 is 23.9 Å². The van der Waals surface area contributed by atoms with Crippen LogP contribution >= 0.6 is 0 Å². The van der Waals surface area contributed by atoms with Crippen molar-refractivity contribution in [2.75, 3.05) is 26.4 Å².